The third kappa shape index (κ3) is 6.46. The van der Waals surface area contributed by atoms with Crippen molar-refractivity contribution in [3.63, 3.8) is 0 Å². The number of nitrogens with zero attached hydrogens (tertiary/aromatic N) is 2. The van der Waals surface area contributed by atoms with E-state index in [2.05, 4.69) is 14.9 Å². The number of aromatic nitrogens is 2. The monoisotopic (exact) mass is 609 g/mol. The molecule has 2 heterocycles. The molecule has 6 rings (SSSR count). The van der Waals surface area contributed by atoms with Gasteiger partial charge in [-0.15, -0.1) is 10.2 Å². The summed E-state index contributed by atoms with van der Waals surface area (Å²) < 4.78 is 39.8. The highest BCUT2D eigenvalue weighted by Crippen LogP contribution is 2.47. The fourth-order valence-electron chi connectivity index (χ4n) is 4.53. The zero-order valence-corrected chi connectivity index (χ0v) is 25.0. The minimum Gasteiger partial charge on any atom is -0.455 e. The number of benzene rings is 4. The van der Waals surface area contributed by atoms with Gasteiger partial charge < -0.3 is 9.47 Å². The van der Waals surface area contributed by atoms with E-state index < -0.39 is 22.0 Å². The Balaban J connectivity index is 1.26. The van der Waals surface area contributed by atoms with E-state index in [4.69, 9.17) is 9.47 Å². The van der Waals surface area contributed by atoms with Gasteiger partial charge in [-0.1, -0.05) is 71.9 Å². The summed E-state index contributed by atoms with van der Waals surface area (Å²) >= 11 is 1.62. The molecular weight excluding hydrogens is 583 g/mol. The number of ether oxygens (including phenoxy) is 2. The predicted molar refractivity (Wildman–Crippen MR) is 164 cm³/mol. The summed E-state index contributed by atoms with van der Waals surface area (Å²) in [6.07, 6.45) is 0.422. The van der Waals surface area contributed by atoms with Crippen LogP contribution in [0.15, 0.2) is 118 Å². The zero-order chi connectivity index (χ0) is 30.0. The summed E-state index contributed by atoms with van der Waals surface area (Å²) in [5, 5.41) is 8.65. The third-order valence-corrected chi connectivity index (χ3v) is 9.47. The Labute approximate surface area is 254 Å². The molecule has 0 amide bonds. The number of nitrogens with one attached hydrogen (secondary N) is 1. The molecule has 43 heavy (non-hydrogen) atoms. The number of fused-ring (bicyclic) bond motifs is 2. The first kappa shape index (κ1) is 28.6. The van der Waals surface area contributed by atoms with Crippen molar-refractivity contribution in [2.24, 2.45) is 0 Å². The molecule has 0 bridgehead atoms. The van der Waals surface area contributed by atoms with Crippen LogP contribution in [0.2, 0.25) is 0 Å². The number of para-hydroxylation sites is 1. The van der Waals surface area contributed by atoms with Crippen molar-refractivity contribution in [2.75, 3.05) is 0 Å². The molecule has 10 heteroatoms. The minimum absolute atomic E-state index is 0.0172. The molecule has 0 radical (unpaired) electrons. The lowest BCUT2D eigenvalue weighted by atomic mass is 10.0. The molecule has 0 fully saturated rings. The molecule has 0 saturated heterocycles. The summed E-state index contributed by atoms with van der Waals surface area (Å²) in [7, 11) is -3.94. The van der Waals surface area contributed by atoms with Crippen molar-refractivity contribution in [3.05, 3.63) is 120 Å². The second-order valence-corrected chi connectivity index (χ2v) is 12.9. The molecular formula is C33H27N3O5S2. The van der Waals surface area contributed by atoms with Crippen LogP contribution < -0.4 is 14.2 Å². The Morgan fingerprint density at radius 1 is 0.884 bits per heavy atom. The Hall–Kier alpha value is -4.51. The van der Waals surface area contributed by atoms with Crippen LogP contribution >= 0.6 is 11.8 Å². The van der Waals surface area contributed by atoms with Crippen molar-refractivity contribution >= 4 is 27.8 Å². The van der Waals surface area contributed by atoms with Gasteiger partial charge in [0.25, 0.3) is 0 Å². The van der Waals surface area contributed by atoms with E-state index in [-0.39, 0.29) is 10.8 Å². The summed E-state index contributed by atoms with van der Waals surface area (Å²) in [4.78, 5) is 15.1. The first-order valence-electron chi connectivity index (χ1n) is 13.6. The van der Waals surface area contributed by atoms with Crippen LogP contribution in [-0.2, 0) is 21.2 Å². The lowest BCUT2D eigenvalue weighted by Gasteiger charge is -2.20. The van der Waals surface area contributed by atoms with E-state index in [1.54, 1.807) is 23.9 Å². The summed E-state index contributed by atoms with van der Waals surface area (Å²) in [6.45, 7) is 3.29. The van der Waals surface area contributed by atoms with E-state index in [0.29, 0.717) is 17.7 Å². The number of carbonyl (C=O) groups excluding carboxylic acids is 1. The van der Waals surface area contributed by atoms with E-state index in [1.807, 2.05) is 85.8 Å². The van der Waals surface area contributed by atoms with Crippen molar-refractivity contribution < 1.29 is 22.7 Å². The van der Waals surface area contributed by atoms with Crippen LogP contribution in [-0.4, -0.2) is 30.6 Å². The number of hydrogen-bond donors (Lipinski definition) is 1. The molecule has 0 saturated carbocycles. The highest BCUT2D eigenvalue weighted by molar-refractivity contribution is 7.99. The molecule has 1 aliphatic heterocycles. The van der Waals surface area contributed by atoms with Crippen LogP contribution in [0.25, 0.3) is 11.3 Å². The highest BCUT2D eigenvalue weighted by Gasteiger charge is 2.25. The van der Waals surface area contributed by atoms with Gasteiger partial charge in [0.15, 0.2) is 0 Å². The van der Waals surface area contributed by atoms with Crippen LogP contribution in [0.4, 0.5) is 0 Å². The van der Waals surface area contributed by atoms with Crippen molar-refractivity contribution in [1.29, 1.82) is 0 Å². The Bertz CT molecular complexity index is 1910. The fourth-order valence-corrected chi connectivity index (χ4v) is 6.71. The molecule has 5 aromatic rings. The number of rotatable bonds is 8. The number of sulfonamides is 1. The van der Waals surface area contributed by atoms with Gasteiger partial charge in [0.1, 0.15) is 17.5 Å². The summed E-state index contributed by atoms with van der Waals surface area (Å²) in [5.74, 6) is 0.799. The lowest BCUT2D eigenvalue weighted by Crippen LogP contribution is -2.40. The molecule has 1 N–H and O–H groups in total. The number of aryl methyl sites for hydroxylation is 1. The Kier molecular flexibility index (Phi) is 7.98. The lowest BCUT2D eigenvalue weighted by molar-refractivity contribution is -0.136. The molecule has 1 aromatic heterocycles. The van der Waals surface area contributed by atoms with Gasteiger partial charge in [0.2, 0.25) is 15.9 Å². The maximum absolute atomic E-state index is 13.1. The van der Waals surface area contributed by atoms with Crippen LogP contribution in [0.1, 0.15) is 23.6 Å². The zero-order valence-electron chi connectivity index (χ0n) is 23.4. The van der Waals surface area contributed by atoms with Gasteiger partial charge in [-0.05, 0) is 67.9 Å². The normalized spacial score (nSPS) is 12.9. The highest BCUT2D eigenvalue weighted by atomic mass is 32.2. The molecule has 4 aromatic carbocycles. The fraction of sp³-hybridized carbons (Fsp3) is 0.121. The Morgan fingerprint density at radius 2 is 1.60 bits per heavy atom. The van der Waals surface area contributed by atoms with E-state index in [1.165, 1.54) is 19.1 Å². The van der Waals surface area contributed by atoms with Crippen LogP contribution in [0.3, 0.4) is 0 Å². The van der Waals surface area contributed by atoms with Gasteiger partial charge in [0.05, 0.1) is 20.4 Å². The molecule has 1 atom stereocenters. The van der Waals surface area contributed by atoms with Crippen molar-refractivity contribution in [2.45, 2.75) is 41.0 Å². The number of carbonyl (C=O) groups is 1. The van der Waals surface area contributed by atoms with Crippen LogP contribution in [0.5, 0.6) is 17.4 Å². The maximum atomic E-state index is 13.1. The number of esters is 1. The minimum atomic E-state index is -3.94. The van der Waals surface area contributed by atoms with Gasteiger partial charge in [-0.2, -0.15) is 4.72 Å². The van der Waals surface area contributed by atoms with Gasteiger partial charge in [-0.25, -0.2) is 13.2 Å². The van der Waals surface area contributed by atoms with Gasteiger partial charge in [0, 0.05) is 17.5 Å². The van der Waals surface area contributed by atoms with Crippen molar-refractivity contribution in [3.8, 4) is 28.6 Å². The first-order valence-corrected chi connectivity index (χ1v) is 15.9. The average Bonchev–Trinajstić information content (AvgIpc) is 3.01. The topological polar surface area (TPSA) is 107 Å². The van der Waals surface area contributed by atoms with E-state index >= 15 is 0 Å². The molecule has 0 aliphatic carbocycles. The van der Waals surface area contributed by atoms with Crippen LogP contribution in [0, 0.1) is 6.92 Å². The van der Waals surface area contributed by atoms with Gasteiger partial charge >= 0.3 is 5.97 Å². The predicted octanol–water partition coefficient (Wildman–Crippen LogP) is 6.57. The molecule has 216 valence electrons. The largest absolute Gasteiger partial charge is 0.455 e. The molecule has 0 spiro atoms. The molecule has 1 unspecified atom stereocenters. The smallest absolute Gasteiger partial charge is 0.330 e. The maximum Gasteiger partial charge on any atom is 0.330 e. The second-order valence-electron chi connectivity index (χ2n) is 10.1. The van der Waals surface area contributed by atoms with E-state index in [9.17, 15) is 13.2 Å². The second kappa shape index (κ2) is 12.0. The quantitative estimate of drug-likeness (QED) is 0.193. The standard InChI is InChI=1S/C33H27N3O5S2/c1-21-12-15-26(16-13-21)43(38,39)36-22(2)33(37)41-32-25(18-23-8-4-3-5-9-23)19-27(34-35-32)24-14-17-29-31(20-24)42-30-11-7-6-10-28(30)40-29/h3-17,19-20,22,36H,18H2,1-2H3. The summed E-state index contributed by atoms with van der Waals surface area (Å²) in [6, 6.07) is 30.4. The van der Waals surface area contributed by atoms with E-state index in [0.717, 1.165) is 38.0 Å². The van der Waals surface area contributed by atoms with Crippen molar-refractivity contribution in [1.82, 2.24) is 14.9 Å². The molecule has 1 aliphatic rings. The third-order valence-electron chi connectivity index (χ3n) is 6.81. The SMILES string of the molecule is Cc1ccc(S(=O)(=O)NC(C)C(=O)Oc2nnc(-c3ccc4c(c3)Sc3ccccc3O4)cc2Cc2ccccc2)cc1. The average molecular weight is 610 g/mol. The van der Waals surface area contributed by atoms with Gasteiger partial charge in [-0.3, -0.25) is 0 Å². The molecule has 8 nitrogen and oxygen atoms in total. The summed E-state index contributed by atoms with van der Waals surface area (Å²) in [5.41, 5.74) is 3.96. The first-order chi connectivity index (χ1) is 20.7. The Morgan fingerprint density at radius 3 is 2.40 bits per heavy atom. The number of hydrogen-bond acceptors (Lipinski definition) is 8.